The Hall–Kier alpha value is -1.36. The van der Waals surface area contributed by atoms with E-state index in [4.69, 9.17) is 4.74 Å². The van der Waals surface area contributed by atoms with Crippen LogP contribution in [-0.4, -0.2) is 43.3 Å². The zero-order valence-electron chi connectivity index (χ0n) is 11.4. The number of hydrogen-bond acceptors (Lipinski definition) is 5. The van der Waals surface area contributed by atoms with Crippen LogP contribution in [0.2, 0.25) is 0 Å². The third-order valence-corrected chi connectivity index (χ3v) is 3.05. The fraction of sp³-hybridized carbons (Fsp3) is 0.692. The van der Waals surface area contributed by atoms with Crippen LogP contribution in [0.5, 0.6) is 0 Å². The van der Waals surface area contributed by atoms with Crippen LogP contribution in [0.15, 0.2) is 6.07 Å². The maximum absolute atomic E-state index is 5.48. The molecular formula is C13H22N4O. The van der Waals surface area contributed by atoms with Gasteiger partial charge in [-0.2, -0.15) is 0 Å². The Balaban J connectivity index is 2.27. The molecule has 0 saturated carbocycles. The van der Waals surface area contributed by atoms with Crippen LogP contribution in [0.1, 0.15) is 32.0 Å². The lowest BCUT2D eigenvalue weighted by Crippen LogP contribution is -2.27. The highest BCUT2D eigenvalue weighted by atomic mass is 16.5. The summed E-state index contributed by atoms with van der Waals surface area (Å²) < 4.78 is 5.48. The Morgan fingerprint density at radius 1 is 1.28 bits per heavy atom. The first-order valence-electron chi connectivity index (χ1n) is 6.60. The van der Waals surface area contributed by atoms with Crippen molar-refractivity contribution in [3.8, 4) is 0 Å². The van der Waals surface area contributed by atoms with Gasteiger partial charge in [-0.05, 0) is 6.42 Å². The molecule has 18 heavy (non-hydrogen) atoms. The van der Waals surface area contributed by atoms with Crippen LogP contribution >= 0.6 is 0 Å². The van der Waals surface area contributed by atoms with Crippen molar-refractivity contribution in [3.63, 3.8) is 0 Å². The fourth-order valence-corrected chi connectivity index (χ4v) is 1.98. The molecule has 0 amide bonds. The molecule has 0 radical (unpaired) electrons. The van der Waals surface area contributed by atoms with Gasteiger partial charge in [0.25, 0.3) is 0 Å². The lowest BCUT2D eigenvalue weighted by Gasteiger charge is -2.22. The molecule has 1 aliphatic heterocycles. The standard InChI is InChI=1S/C13H22N4O/c1-10(2)13-15-11(14-3)9-12(16-13)17-5-4-7-18-8-6-17/h9-10H,4-8H2,1-3H3,(H,14,15,16). The Kier molecular flexibility index (Phi) is 4.36. The molecule has 0 aliphatic carbocycles. The lowest BCUT2D eigenvalue weighted by atomic mass is 10.2. The maximum atomic E-state index is 5.48. The number of rotatable bonds is 3. The van der Waals surface area contributed by atoms with Gasteiger partial charge in [-0.1, -0.05) is 13.8 Å². The van der Waals surface area contributed by atoms with E-state index in [1.54, 1.807) is 0 Å². The number of ether oxygens (including phenoxy) is 1. The summed E-state index contributed by atoms with van der Waals surface area (Å²) in [6.07, 6.45) is 1.05. The van der Waals surface area contributed by atoms with Crippen LogP contribution in [-0.2, 0) is 4.74 Å². The third-order valence-electron chi connectivity index (χ3n) is 3.05. The average Bonchev–Trinajstić information content (AvgIpc) is 2.67. The summed E-state index contributed by atoms with van der Waals surface area (Å²) in [4.78, 5) is 11.4. The molecule has 1 aromatic heterocycles. The van der Waals surface area contributed by atoms with E-state index in [1.807, 2.05) is 13.1 Å². The van der Waals surface area contributed by atoms with Gasteiger partial charge in [0, 0.05) is 38.7 Å². The van der Waals surface area contributed by atoms with E-state index in [9.17, 15) is 0 Å². The summed E-state index contributed by atoms with van der Waals surface area (Å²) >= 11 is 0. The van der Waals surface area contributed by atoms with Crippen LogP contribution in [0, 0.1) is 0 Å². The summed E-state index contributed by atoms with van der Waals surface area (Å²) in [5.41, 5.74) is 0. The molecule has 1 fully saturated rings. The second-order valence-corrected chi connectivity index (χ2v) is 4.83. The molecule has 1 aromatic rings. The van der Waals surface area contributed by atoms with Crippen molar-refractivity contribution in [2.24, 2.45) is 0 Å². The zero-order valence-corrected chi connectivity index (χ0v) is 11.4. The molecule has 2 rings (SSSR count). The molecule has 0 atom stereocenters. The predicted octanol–water partition coefficient (Wildman–Crippen LogP) is 1.87. The highest BCUT2D eigenvalue weighted by Gasteiger charge is 2.14. The van der Waals surface area contributed by atoms with Crippen molar-refractivity contribution in [1.29, 1.82) is 0 Å². The van der Waals surface area contributed by atoms with E-state index in [0.29, 0.717) is 5.92 Å². The Morgan fingerprint density at radius 3 is 2.83 bits per heavy atom. The van der Waals surface area contributed by atoms with Gasteiger partial charge in [-0.25, -0.2) is 9.97 Å². The van der Waals surface area contributed by atoms with E-state index in [1.165, 1.54) is 0 Å². The lowest BCUT2D eigenvalue weighted by molar-refractivity contribution is 0.152. The van der Waals surface area contributed by atoms with Crippen molar-refractivity contribution in [2.75, 3.05) is 43.6 Å². The second kappa shape index (κ2) is 6.00. The molecule has 1 saturated heterocycles. The molecule has 100 valence electrons. The van der Waals surface area contributed by atoms with E-state index in [2.05, 4.69) is 34.0 Å². The van der Waals surface area contributed by atoms with Gasteiger partial charge >= 0.3 is 0 Å². The molecule has 0 bridgehead atoms. The smallest absolute Gasteiger partial charge is 0.135 e. The topological polar surface area (TPSA) is 50.3 Å². The molecular weight excluding hydrogens is 228 g/mol. The van der Waals surface area contributed by atoms with Crippen molar-refractivity contribution >= 4 is 11.6 Å². The number of hydrogen-bond donors (Lipinski definition) is 1. The van der Waals surface area contributed by atoms with Crippen LogP contribution in [0.4, 0.5) is 11.6 Å². The number of anilines is 2. The first-order chi connectivity index (χ1) is 8.70. The Labute approximate surface area is 109 Å². The molecule has 5 nitrogen and oxygen atoms in total. The van der Waals surface area contributed by atoms with Gasteiger partial charge < -0.3 is 15.0 Å². The minimum Gasteiger partial charge on any atom is -0.380 e. The molecule has 0 spiro atoms. The molecule has 1 N–H and O–H groups in total. The van der Waals surface area contributed by atoms with Crippen molar-refractivity contribution < 1.29 is 4.74 Å². The molecule has 5 heteroatoms. The summed E-state index contributed by atoms with van der Waals surface area (Å²) in [7, 11) is 1.89. The normalized spacial score (nSPS) is 16.8. The fourth-order valence-electron chi connectivity index (χ4n) is 1.98. The maximum Gasteiger partial charge on any atom is 0.135 e. The predicted molar refractivity (Wildman–Crippen MR) is 73.3 cm³/mol. The van der Waals surface area contributed by atoms with Crippen molar-refractivity contribution in [2.45, 2.75) is 26.2 Å². The first kappa shape index (κ1) is 13.1. The highest BCUT2D eigenvalue weighted by molar-refractivity contribution is 5.49. The molecule has 2 heterocycles. The molecule has 0 unspecified atom stereocenters. The van der Waals surface area contributed by atoms with Gasteiger partial charge in [-0.3, -0.25) is 0 Å². The number of nitrogens with zero attached hydrogens (tertiary/aromatic N) is 3. The van der Waals surface area contributed by atoms with E-state index >= 15 is 0 Å². The van der Waals surface area contributed by atoms with Crippen LogP contribution in [0.3, 0.4) is 0 Å². The summed E-state index contributed by atoms with van der Waals surface area (Å²) in [5.74, 6) is 3.11. The van der Waals surface area contributed by atoms with Gasteiger partial charge in [0.05, 0.1) is 6.61 Å². The van der Waals surface area contributed by atoms with Gasteiger partial charge in [0.15, 0.2) is 0 Å². The van der Waals surface area contributed by atoms with Crippen LogP contribution in [0.25, 0.3) is 0 Å². The first-order valence-corrected chi connectivity index (χ1v) is 6.60. The SMILES string of the molecule is CNc1cc(N2CCCOCC2)nc(C(C)C)n1. The van der Waals surface area contributed by atoms with E-state index in [-0.39, 0.29) is 0 Å². The van der Waals surface area contributed by atoms with Gasteiger partial charge in [-0.15, -0.1) is 0 Å². The number of aromatic nitrogens is 2. The summed E-state index contributed by atoms with van der Waals surface area (Å²) in [6, 6.07) is 2.01. The minimum atomic E-state index is 0.334. The third kappa shape index (κ3) is 3.10. The molecule has 0 aromatic carbocycles. The second-order valence-electron chi connectivity index (χ2n) is 4.83. The van der Waals surface area contributed by atoms with E-state index in [0.717, 1.165) is 50.2 Å². The monoisotopic (exact) mass is 250 g/mol. The minimum absolute atomic E-state index is 0.334. The van der Waals surface area contributed by atoms with Gasteiger partial charge in [0.1, 0.15) is 17.5 Å². The van der Waals surface area contributed by atoms with Crippen molar-refractivity contribution in [3.05, 3.63) is 11.9 Å². The largest absolute Gasteiger partial charge is 0.380 e. The Morgan fingerprint density at radius 2 is 2.11 bits per heavy atom. The summed E-state index contributed by atoms with van der Waals surface area (Å²) in [5, 5.41) is 3.11. The highest BCUT2D eigenvalue weighted by Crippen LogP contribution is 2.20. The number of nitrogens with one attached hydrogen (secondary N) is 1. The van der Waals surface area contributed by atoms with Crippen LogP contribution < -0.4 is 10.2 Å². The van der Waals surface area contributed by atoms with Crippen molar-refractivity contribution in [1.82, 2.24) is 9.97 Å². The van der Waals surface area contributed by atoms with Gasteiger partial charge in [0.2, 0.25) is 0 Å². The summed E-state index contributed by atoms with van der Waals surface area (Å²) in [6.45, 7) is 7.75. The quantitative estimate of drug-likeness (QED) is 0.887. The zero-order chi connectivity index (χ0) is 13.0. The van der Waals surface area contributed by atoms with E-state index < -0.39 is 0 Å². The Bertz CT molecular complexity index is 387. The molecule has 1 aliphatic rings. The average molecular weight is 250 g/mol.